The molecule has 0 heterocycles. The molecular weight excluding hydrogens is 362 g/mol. The first-order valence-electron chi connectivity index (χ1n) is 9.87. The second-order valence-corrected chi connectivity index (χ2v) is 6.85. The number of carbonyl (C=O) groups is 1. The van der Waals surface area contributed by atoms with Crippen LogP contribution >= 0.6 is 0 Å². The average molecular weight is 389 g/mol. The highest BCUT2D eigenvalue weighted by Crippen LogP contribution is 2.17. The minimum Gasteiger partial charge on any atom is -0.497 e. The standard InChI is InChI=1S/C25H27NO3/c1-28-23-14-16-24(17-15-23)29-18-8-13-25(27)26(19-21-9-4-2-5-10-21)20-22-11-6-3-7-12-22/h2-7,9-12,14-17H,8,13,18-20H2,1H3. The first-order chi connectivity index (χ1) is 14.2. The molecular formula is C25H27NO3. The molecule has 0 fully saturated rings. The summed E-state index contributed by atoms with van der Waals surface area (Å²) < 4.78 is 10.9. The largest absolute Gasteiger partial charge is 0.497 e. The second kappa shape index (κ2) is 10.9. The lowest BCUT2D eigenvalue weighted by Gasteiger charge is -2.23. The monoisotopic (exact) mass is 389 g/mol. The van der Waals surface area contributed by atoms with Gasteiger partial charge in [0.25, 0.3) is 0 Å². The van der Waals surface area contributed by atoms with Crippen molar-refractivity contribution in [1.82, 2.24) is 4.90 Å². The molecule has 3 aromatic carbocycles. The lowest BCUT2D eigenvalue weighted by Crippen LogP contribution is -2.30. The normalized spacial score (nSPS) is 10.4. The molecule has 4 nitrogen and oxygen atoms in total. The van der Waals surface area contributed by atoms with Gasteiger partial charge in [-0.2, -0.15) is 0 Å². The number of carbonyl (C=O) groups excluding carboxylic acids is 1. The van der Waals surface area contributed by atoms with E-state index >= 15 is 0 Å². The van der Waals surface area contributed by atoms with Crippen LogP contribution in [-0.2, 0) is 17.9 Å². The maximum absolute atomic E-state index is 12.9. The Bertz CT molecular complexity index is 822. The van der Waals surface area contributed by atoms with E-state index in [9.17, 15) is 4.79 Å². The summed E-state index contributed by atoms with van der Waals surface area (Å²) in [7, 11) is 1.64. The molecule has 29 heavy (non-hydrogen) atoms. The van der Waals surface area contributed by atoms with Crippen LogP contribution in [0.15, 0.2) is 84.9 Å². The number of amides is 1. The summed E-state index contributed by atoms with van der Waals surface area (Å²) in [6, 6.07) is 27.7. The van der Waals surface area contributed by atoms with E-state index in [4.69, 9.17) is 9.47 Å². The molecule has 0 aromatic heterocycles. The summed E-state index contributed by atoms with van der Waals surface area (Å²) >= 11 is 0. The Labute approximate surface area is 172 Å². The number of methoxy groups -OCH3 is 1. The van der Waals surface area contributed by atoms with Gasteiger partial charge in [0.05, 0.1) is 13.7 Å². The summed E-state index contributed by atoms with van der Waals surface area (Å²) in [5.74, 6) is 1.71. The van der Waals surface area contributed by atoms with Crippen LogP contribution in [0.5, 0.6) is 11.5 Å². The molecule has 3 aromatic rings. The maximum Gasteiger partial charge on any atom is 0.223 e. The van der Waals surface area contributed by atoms with E-state index in [0.29, 0.717) is 32.5 Å². The summed E-state index contributed by atoms with van der Waals surface area (Å²) in [5, 5.41) is 0. The lowest BCUT2D eigenvalue weighted by molar-refractivity contribution is -0.132. The molecule has 0 aliphatic heterocycles. The summed E-state index contributed by atoms with van der Waals surface area (Å²) in [5.41, 5.74) is 2.26. The number of ether oxygens (including phenoxy) is 2. The smallest absolute Gasteiger partial charge is 0.223 e. The van der Waals surface area contributed by atoms with Gasteiger partial charge in [0, 0.05) is 19.5 Å². The number of rotatable bonds is 10. The Morgan fingerprint density at radius 3 is 1.79 bits per heavy atom. The predicted octanol–water partition coefficient (Wildman–Crippen LogP) is 5.08. The Hall–Kier alpha value is -3.27. The van der Waals surface area contributed by atoms with Crippen LogP contribution < -0.4 is 9.47 Å². The van der Waals surface area contributed by atoms with Crippen LogP contribution in [0.4, 0.5) is 0 Å². The topological polar surface area (TPSA) is 38.8 Å². The molecule has 0 bridgehead atoms. The van der Waals surface area contributed by atoms with Crippen molar-refractivity contribution in [1.29, 1.82) is 0 Å². The van der Waals surface area contributed by atoms with E-state index in [-0.39, 0.29) is 5.91 Å². The highest BCUT2D eigenvalue weighted by atomic mass is 16.5. The van der Waals surface area contributed by atoms with Gasteiger partial charge in [-0.3, -0.25) is 4.79 Å². The molecule has 3 rings (SSSR count). The Morgan fingerprint density at radius 2 is 1.28 bits per heavy atom. The van der Waals surface area contributed by atoms with Gasteiger partial charge in [0.2, 0.25) is 5.91 Å². The van der Waals surface area contributed by atoms with Crippen molar-refractivity contribution in [3.63, 3.8) is 0 Å². The van der Waals surface area contributed by atoms with Gasteiger partial charge in [-0.25, -0.2) is 0 Å². The number of benzene rings is 3. The first kappa shape index (κ1) is 20.5. The second-order valence-electron chi connectivity index (χ2n) is 6.85. The molecule has 0 aliphatic rings. The van der Waals surface area contributed by atoms with E-state index in [1.165, 1.54) is 0 Å². The third-order valence-corrected chi connectivity index (χ3v) is 4.65. The Morgan fingerprint density at radius 1 is 0.759 bits per heavy atom. The van der Waals surface area contributed by atoms with Gasteiger partial charge < -0.3 is 14.4 Å². The minimum absolute atomic E-state index is 0.135. The summed E-state index contributed by atoms with van der Waals surface area (Å²) in [4.78, 5) is 14.8. The number of hydrogen-bond donors (Lipinski definition) is 0. The fraction of sp³-hybridized carbons (Fsp3) is 0.240. The quantitative estimate of drug-likeness (QED) is 0.454. The van der Waals surface area contributed by atoms with Gasteiger partial charge in [0.1, 0.15) is 11.5 Å². The summed E-state index contributed by atoms with van der Waals surface area (Å²) in [6.07, 6.45) is 1.13. The molecule has 0 aliphatic carbocycles. The van der Waals surface area contributed by atoms with Crippen LogP contribution in [0.2, 0.25) is 0 Å². The molecule has 0 unspecified atom stereocenters. The van der Waals surface area contributed by atoms with Crippen LogP contribution in [0.25, 0.3) is 0 Å². The van der Waals surface area contributed by atoms with E-state index in [1.807, 2.05) is 65.6 Å². The summed E-state index contributed by atoms with van der Waals surface area (Å²) in [6.45, 7) is 1.71. The van der Waals surface area contributed by atoms with Crippen molar-refractivity contribution in [2.75, 3.05) is 13.7 Å². The van der Waals surface area contributed by atoms with Crippen LogP contribution in [0.1, 0.15) is 24.0 Å². The average Bonchev–Trinajstić information content (AvgIpc) is 2.78. The Balaban J connectivity index is 1.53. The van der Waals surface area contributed by atoms with Gasteiger partial charge >= 0.3 is 0 Å². The molecule has 4 heteroatoms. The fourth-order valence-electron chi connectivity index (χ4n) is 3.08. The highest BCUT2D eigenvalue weighted by Gasteiger charge is 2.14. The molecule has 0 spiro atoms. The zero-order valence-electron chi connectivity index (χ0n) is 16.8. The van der Waals surface area contributed by atoms with Gasteiger partial charge in [-0.15, -0.1) is 0 Å². The number of hydrogen-bond acceptors (Lipinski definition) is 3. The van der Waals surface area contributed by atoms with Crippen molar-refractivity contribution < 1.29 is 14.3 Å². The zero-order valence-corrected chi connectivity index (χ0v) is 16.8. The van der Waals surface area contributed by atoms with E-state index in [1.54, 1.807) is 7.11 Å². The third kappa shape index (κ3) is 6.68. The Kier molecular flexibility index (Phi) is 7.70. The SMILES string of the molecule is COc1ccc(OCCCC(=O)N(Cc2ccccc2)Cc2ccccc2)cc1. The molecule has 1 amide bonds. The van der Waals surface area contributed by atoms with E-state index in [2.05, 4.69) is 24.3 Å². The molecule has 0 radical (unpaired) electrons. The minimum atomic E-state index is 0.135. The van der Waals surface area contributed by atoms with Crippen molar-refractivity contribution in [3.8, 4) is 11.5 Å². The van der Waals surface area contributed by atoms with Crippen molar-refractivity contribution >= 4 is 5.91 Å². The van der Waals surface area contributed by atoms with Gasteiger partial charge in [-0.1, -0.05) is 60.7 Å². The fourth-order valence-corrected chi connectivity index (χ4v) is 3.08. The molecule has 0 N–H and O–H groups in total. The molecule has 0 saturated heterocycles. The van der Waals surface area contributed by atoms with Crippen LogP contribution in [0.3, 0.4) is 0 Å². The predicted molar refractivity (Wildman–Crippen MR) is 115 cm³/mol. The van der Waals surface area contributed by atoms with E-state index < -0.39 is 0 Å². The highest BCUT2D eigenvalue weighted by molar-refractivity contribution is 5.76. The first-order valence-corrected chi connectivity index (χ1v) is 9.87. The van der Waals surface area contributed by atoms with Crippen molar-refractivity contribution in [3.05, 3.63) is 96.1 Å². The van der Waals surface area contributed by atoms with Crippen LogP contribution in [0, 0.1) is 0 Å². The lowest BCUT2D eigenvalue weighted by atomic mass is 10.1. The maximum atomic E-state index is 12.9. The molecule has 0 saturated carbocycles. The van der Waals surface area contributed by atoms with Crippen molar-refractivity contribution in [2.45, 2.75) is 25.9 Å². The third-order valence-electron chi connectivity index (χ3n) is 4.65. The van der Waals surface area contributed by atoms with Crippen LogP contribution in [-0.4, -0.2) is 24.5 Å². The molecule has 0 atom stereocenters. The zero-order chi connectivity index (χ0) is 20.3. The van der Waals surface area contributed by atoms with E-state index in [0.717, 1.165) is 22.6 Å². The molecule has 150 valence electrons. The van der Waals surface area contributed by atoms with Gasteiger partial charge in [-0.05, 0) is 41.8 Å². The van der Waals surface area contributed by atoms with Gasteiger partial charge in [0.15, 0.2) is 0 Å². The number of nitrogens with zero attached hydrogens (tertiary/aromatic N) is 1. The van der Waals surface area contributed by atoms with Crippen molar-refractivity contribution in [2.24, 2.45) is 0 Å².